The minimum absolute atomic E-state index is 0. The molecule has 0 aliphatic rings. The zero-order valence-corrected chi connectivity index (χ0v) is 16.9. The van der Waals surface area contributed by atoms with E-state index >= 15 is 0 Å². The summed E-state index contributed by atoms with van der Waals surface area (Å²) in [5.41, 5.74) is 0. The number of rotatable bonds is 15. The van der Waals surface area contributed by atoms with Gasteiger partial charge in [-0.25, -0.2) is 9.59 Å². The fourth-order valence-electron chi connectivity index (χ4n) is 2.30. The molecule has 0 heterocycles. The van der Waals surface area contributed by atoms with Crippen LogP contribution in [0.2, 0.25) is 0 Å². The van der Waals surface area contributed by atoms with Crippen molar-refractivity contribution >= 4 is 49.7 Å². The summed E-state index contributed by atoms with van der Waals surface area (Å²) in [5.74, 6) is -1.72. The fourth-order valence-corrected chi connectivity index (χ4v) is 2.30. The maximum Gasteiger partial charge on any atom is 2.00 e. The molecule has 0 saturated heterocycles. The first-order chi connectivity index (χ1) is 10.7. The molecule has 0 fully saturated rings. The maximum absolute atomic E-state index is 11.1. The summed E-state index contributed by atoms with van der Waals surface area (Å²) in [6, 6.07) is 0. The summed E-state index contributed by atoms with van der Waals surface area (Å²) in [5, 5.41) is 8.35. The summed E-state index contributed by atoms with van der Waals surface area (Å²) >= 11 is 0. The van der Waals surface area contributed by atoms with Crippen molar-refractivity contribution < 1.29 is 22.3 Å². The molecule has 0 aromatic heterocycles. The number of ether oxygens (including phenoxy) is 1. The number of carbonyl (C=O) groups excluding carboxylic acids is 1. The van der Waals surface area contributed by atoms with E-state index in [0.717, 1.165) is 25.0 Å². The number of carbonyl (C=O) groups is 2. The Morgan fingerprint density at radius 3 is 1.70 bits per heavy atom. The van der Waals surface area contributed by atoms with Crippen LogP contribution in [0.5, 0.6) is 0 Å². The number of hydrogen-bond acceptors (Lipinski definition) is 3. The van der Waals surface area contributed by atoms with Crippen LogP contribution in [0.25, 0.3) is 0 Å². The van der Waals surface area contributed by atoms with Crippen molar-refractivity contribution in [2.45, 2.75) is 84.0 Å². The SMILES string of the molecule is CCCCCCCCCCCCCCOC(=O)/C=C/C(=O)O.[Ca+2].[H-].[H-]. The van der Waals surface area contributed by atoms with Gasteiger partial charge in [-0.05, 0) is 6.42 Å². The second-order valence-corrected chi connectivity index (χ2v) is 5.73. The predicted molar refractivity (Wildman–Crippen MR) is 96.8 cm³/mol. The van der Waals surface area contributed by atoms with Crippen LogP contribution < -0.4 is 0 Å². The second-order valence-electron chi connectivity index (χ2n) is 5.73. The van der Waals surface area contributed by atoms with E-state index in [0.29, 0.717) is 6.61 Å². The number of aliphatic carboxylic acids is 1. The van der Waals surface area contributed by atoms with Crippen molar-refractivity contribution in [3.63, 3.8) is 0 Å². The minimum Gasteiger partial charge on any atom is -1.00 e. The van der Waals surface area contributed by atoms with Crippen LogP contribution in [0, 0.1) is 0 Å². The van der Waals surface area contributed by atoms with Gasteiger partial charge < -0.3 is 12.7 Å². The Labute approximate surface area is 174 Å². The van der Waals surface area contributed by atoms with Gasteiger partial charge in [0.2, 0.25) is 0 Å². The molecule has 23 heavy (non-hydrogen) atoms. The molecule has 0 aliphatic carbocycles. The van der Waals surface area contributed by atoms with E-state index in [-0.39, 0.29) is 40.6 Å². The molecule has 1 N–H and O–H groups in total. The Bertz CT molecular complexity index is 326. The Morgan fingerprint density at radius 2 is 1.26 bits per heavy atom. The monoisotopic (exact) mass is 354 g/mol. The average molecular weight is 355 g/mol. The van der Waals surface area contributed by atoms with Gasteiger partial charge in [-0.15, -0.1) is 0 Å². The summed E-state index contributed by atoms with van der Waals surface area (Å²) in [4.78, 5) is 21.3. The molecule has 132 valence electrons. The number of carboxylic acids is 1. The molecule has 0 amide bonds. The smallest absolute Gasteiger partial charge is 1.00 e. The van der Waals surface area contributed by atoms with Gasteiger partial charge in [0.15, 0.2) is 0 Å². The van der Waals surface area contributed by atoms with E-state index in [1.807, 2.05) is 0 Å². The zero-order valence-electron chi connectivity index (χ0n) is 16.7. The van der Waals surface area contributed by atoms with Gasteiger partial charge in [0.1, 0.15) is 0 Å². The number of esters is 1. The van der Waals surface area contributed by atoms with Crippen LogP contribution >= 0.6 is 0 Å². The molecule has 0 rings (SSSR count). The van der Waals surface area contributed by atoms with Crippen molar-refractivity contribution in [1.29, 1.82) is 0 Å². The van der Waals surface area contributed by atoms with Crippen molar-refractivity contribution in [1.82, 2.24) is 0 Å². The topological polar surface area (TPSA) is 63.6 Å². The Morgan fingerprint density at radius 1 is 0.826 bits per heavy atom. The molecule has 4 nitrogen and oxygen atoms in total. The van der Waals surface area contributed by atoms with Gasteiger partial charge in [-0.2, -0.15) is 0 Å². The third-order valence-electron chi connectivity index (χ3n) is 3.60. The molecular formula is C18H34CaO4. The predicted octanol–water partition coefficient (Wildman–Crippen LogP) is 4.72. The first kappa shape index (κ1) is 25.2. The third-order valence-corrected chi connectivity index (χ3v) is 3.60. The number of hydrogen-bond donors (Lipinski definition) is 1. The van der Waals surface area contributed by atoms with Crippen LogP contribution in [0.3, 0.4) is 0 Å². The molecule has 5 heteroatoms. The quantitative estimate of drug-likeness (QED) is 0.200. The molecule has 0 saturated carbocycles. The Hall–Kier alpha value is -0.0603. The van der Waals surface area contributed by atoms with E-state index in [1.165, 1.54) is 64.2 Å². The third kappa shape index (κ3) is 21.9. The van der Waals surface area contributed by atoms with E-state index in [4.69, 9.17) is 9.84 Å². The van der Waals surface area contributed by atoms with Crippen LogP contribution in [0.4, 0.5) is 0 Å². The Balaban J connectivity index is -0.000000735. The second kappa shape index (κ2) is 20.0. The first-order valence-electron chi connectivity index (χ1n) is 8.74. The first-order valence-corrected chi connectivity index (χ1v) is 8.74. The van der Waals surface area contributed by atoms with Crippen LogP contribution in [0.15, 0.2) is 12.2 Å². The van der Waals surface area contributed by atoms with Crippen molar-refractivity contribution in [2.24, 2.45) is 0 Å². The molecule has 0 aromatic carbocycles. The van der Waals surface area contributed by atoms with Crippen LogP contribution in [-0.4, -0.2) is 61.4 Å². The van der Waals surface area contributed by atoms with Crippen LogP contribution in [0.1, 0.15) is 86.8 Å². The minimum atomic E-state index is -1.14. The largest absolute Gasteiger partial charge is 2.00 e. The van der Waals surface area contributed by atoms with E-state index in [1.54, 1.807) is 0 Å². The Kier molecular flexibility index (Phi) is 21.9. The van der Waals surface area contributed by atoms with Gasteiger partial charge in [0.05, 0.1) is 6.61 Å². The van der Waals surface area contributed by atoms with Gasteiger partial charge in [-0.3, -0.25) is 0 Å². The number of carboxylic acid groups (broad SMARTS) is 1. The van der Waals surface area contributed by atoms with Gasteiger partial charge in [0.25, 0.3) is 0 Å². The van der Waals surface area contributed by atoms with Crippen molar-refractivity contribution in [3.05, 3.63) is 12.2 Å². The van der Waals surface area contributed by atoms with Crippen molar-refractivity contribution in [3.8, 4) is 0 Å². The number of unbranched alkanes of at least 4 members (excludes halogenated alkanes) is 11. The molecule has 0 aromatic rings. The summed E-state index contributed by atoms with van der Waals surface area (Å²) in [6.07, 6.45) is 16.9. The average Bonchev–Trinajstić information content (AvgIpc) is 2.49. The molecule has 0 spiro atoms. The summed E-state index contributed by atoms with van der Waals surface area (Å²) in [7, 11) is 0. The normalized spacial score (nSPS) is 10.5. The molecule has 0 radical (unpaired) electrons. The van der Waals surface area contributed by atoms with Crippen molar-refractivity contribution in [2.75, 3.05) is 6.61 Å². The molecule has 0 aliphatic heterocycles. The van der Waals surface area contributed by atoms with Crippen LogP contribution in [-0.2, 0) is 14.3 Å². The summed E-state index contributed by atoms with van der Waals surface area (Å²) < 4.78 is 4.90. The van der Waals surface area contributed by atoms with E-state index in [2.05, 4.69) is 6.92 Å². The molecule has 0 bridgehead atoms. The molecule has 0 atom stereocenters. The standard InChI is InChI=1S/C18H32O4.Ca.2H/c1-2-3-4-5-6-7-8-9-10-11-12-13-16-22-18(21)15-14-17(19)20;;;/h14-15H,2-13,16H2,1H3,(H,19,20);;;/q;+2;2*-1/b15-14+;;;. The van der Waals surface area contributed by atoms with Gasteiger partial charge in [-0.1, -0.05) is 77.6 Å². The van der Waals surface area contributed by atoms with Gasteiger partial charge in [0, 0.05) is 12.2 Å². The van der Waals surface area contributed by atoms with E-state index < -0.39 is 11.9 Å². The molecular weight excluding hydrogens is 320 g/mol. The van der Waals surface area contributed by atoms with E-state index in [9.17, 15) is 9.59 Å². The fraction of sp³-hybridized carbons (Fsp3) is 0.778. The summed E-state index contributed by atoms with van der Waals surface area (Å²) in [6.45, 7) is 2.62. The maximum atomic E-state index is 11.1. The van der Waals surface area contributed by atoms with Gasteiger partial charge >= 0.3 is 49.7 Å². The zero-order chi connectivity index (χ0) is 16.5. The molecule has 0 unspecified atom stereocenters.